The van der Waals surface area contributed by atoms with Crippen LogP contribution in [0.4, 0.5) is 0 Å². The molecule has 1 aromatic rings. The Hall–Kier alpha value is -1.19. The van der Waals surface area contributed by atoms with E-state index in [0.29, 0.717) is 13.2 Å². The molecule has 0 saturated carbocycles. The second kappa shape index (κ2) is 10.00. The van der Waals surface area contributed by atoms with Gasteiger partial charge in [0.25, 0.3) is 0 Å². The van der Waals surface area contributed by atoms with Crippen LogP contribution in [0.15, 0.2) is 36.4 Å². The van der Waals surface area contributed by atoms with Crippen molar-refractivity contribution >= 4 is 12.4 Å². The van der Waals surface area contributed by atoms with Crippen LogP contribution < -0.4 is 14.8 Å². The summed E-state index contributed by atoms with van der Waals surface area (Å²) in [6, 6.07) is 7.71. The fraction of sp³-hybridized carbons (Fsp3) is 0.385. The topological polar surface area (TPSA) is 30.5 Å². The zero-order valence-electron chi connectivity index (χ0n) is 10.3. The molecule has 3 nitrogen and oxygen atoms in total. The summed E-state index contributed by atoms with van der Waals surface area (Å²) in [6.07, 6.45) is 4.02. The summed E-state index contributed by atoms with van der Waals surface area (Å²) in [7, 11) is 1.91. The molecule has 0 fully saturated rings. The van der Waals surface area contributed by atoms with Gasteiger partial charge in [0.05, 0.1) is 6.61 Å². The Bertz CT molecular complexity index is 329. The van der Waals surface area contributed by atoms with Crippen molar-refractivity contribution < 1.29 is 9.47 Å². The molecule has 0 aliphatic rings. The van der Waals surface area contributed by atoms with Crippen LogP contribution >= 0.6 is 12.4 Å². The largest absolute Gasteiger partial charge is 0.490 e. The third-order valence-electron chi connectivity index (χ3n) is 1.97. The first kappa shape index (κ1) is 15.8. The Morgan fingerprint density at radius 1 is 1.12 bits per heavy atom. The first-order chi connectivity index (χ1) is 7.88. The van der Waals surface area contributed by atoms with E-state index >= 15 is 0 Å². The molecule has 1 rings (SSSR count). The van der Waals surface area contributed by atoms with Gasteiger partial charge < -0.3 is 14.8 Å². The fourth-order valence-electron chi connectivity index (χ4n) is 1.25. The fourth-order valence-corrected chi connectivity index (χ4v) is 1.25. The number of hydrogen-bond acceptors (Lipinski definition) is 3. The van der Waals surface area contributed by atoms with Crippen molar-refractivity contribution in [2.45, 2.75) is 6.92 Å². The molecule has 1 aromatic carbocycles. The van der Waals surface area contributed by atoms with Crippen molar-refractivity contribution in [3.8, 4) is 11.5 Å². The molecule has 0 bridgehead atoms. The maximum atomic E-state index is 5.60. The highest BCUT2D eigenvalue weighted by Gasteiger charge is 2.01. The highest BCUT2D eigenvalue weighted by molar-refractivity contribution is 5.85. The van der Waals surface area contributed by atoms with Crippen LogP contribution in [0.25, 0.3) is 0 Å². The van der Waals surface area contributed by atoms with Crippen LogP contribution in [0.5, 0.6) is 11.5 Å². The van der Waals surface area contributed by atoms with Crippen LogP contribution in [-0.4, -0.2) is 26.8 Å². The second-order valence-corrected chi connectivity index (χ2v) is 3.22. The number of nitrogens with one attached hydrogen (secondary N) is 1. The Morgan fingerprint density at radius 2 is 1.76 bits per heavy atom. The molecule has 0 unspecified atom stereocenters. The van der Waals surface area contributed by atoms with Gasteiger partial charge in [-0.2, -0.15) is 0 Å². The zero-order chi connectivity index (χ0) is 11.6. The van der Waals surface area contributed by atoms with E-state index in [4.69, 9.17) is 9.47 Å². The monoisotopic (exact) mass is 257 g/mol. The van der Waals surface area contributed by atoms with Gasteiger partial charge in [-0.3, -0.25) is 0 Å². The van der Waals surface area contributed by atoms with E-state index < -0.39 is 0 Å². The standard InChI is InChI=1S/C13H19NO2.ClH/c1-3-15-12-8-4-5-9-13(12)16-11-7-6-10-14-2;/h4-9,14H,3,10-11H2,1-2H3;1H/b7-6+;. The van der Waals surface area contributed by atoms with E-state index in [1.807, 2.05) is 50.4 Å². The number of para-hydroxylation sites is 2. The maximum absolute atomic E-state index is 5.60. The lowest BCUT2D eigenvalue weighted by molar-refractivity contribution is 0.296. The lowest BCUT2D eigenvalue weighted by Crippen LogP contribution is -2.05. The quantitative estimate of drug-likeness (QED) is 0.762. The van der Waals surface area contributed by atoms with Gasteiger partial charge in [-0.25, -0.2) is 0 Å². The van der Waals surface area contributed by atoms with E-state index in [1.54, 1.807) is 0 Å². The van der Waals surface area contributed by atoms with Crippen LogP contribution in [-0.2, 0) is 0 Å². The van der Waals surface area contributed by atoms with Crippen LogP contribution in [0.2, 0.25) is 0 Å². The normalized spacial score (nSPS) is 10.0. The first-order valence-electron chi connectivity index (χ1n) is 5.52. The molecule has 0 heterocycles. The second-order valence-electron chi connectivity index (χ2n) is 3.22. The van der Waals surface area contributed by atoms with E-state index in [9.17, 15) is 0 Å². The minimum atomic E-state index is 0. The number of benzene rings is 1. The van der Waals surface area contributed by atoms with Crippen LogP contribution in [0.3, 0.4) is 0 Å². The van der Waals surface area contributed by atoms with Crippen LogP contribution in [0.1, 0.15) is 6.92 Å². The molecule has 0 aliphatic carbocycles. The average molecular weight is 258 g/mol. The Labute approximate surface area is 109 Å². The van der Waals surface area contributed by atoms with Crippen LogP contribution in [0, 0.1) is 0 Å². The molecule has 0 radical (unpaired) electrons. The summed E-state index contributed by atoms with van der Waals surface area (Å²) in [5, 5.41) is 3.03. The predicted molar refractivity (Wildman–Crippen MR) is 73.4 cm³/mol. The summed E-state index contributed by atoms with van der Waals surface area (Å²) in [5.41, 5.74) is 0. The van der Waals surface area contributed by atoms with Gasteiger partial charge in [0.1, 0.15) is 6.61 Å². The third kappa shape index (κ3) is 6.19. The highest BCUT2D eigenvalue weighted by Crippen LogP contribution is 2.26. The summed E-state index contributed by atoms with van der Waals surface area (Å²) < 4.78 is 11.1. The Morgan fingerprint density at radius 3 is 2.35 bits per heavy atom. The third-order valence-corrected chi connectivity index (χ3v) is 1.97. The predicted octanol–water partition coefficient (Wildman–Crippen LogP) is 2.66. The molecular formula is C13H20ClNO2. The lowest BCUT2D eigenvalue weighted by Gasteiger charge is -2.09. The summed E-state index contributed by atoms with van der Waals surface area (Å²) >= 11 is 0. The van der Waals surface area contributed by atoms with Gasteiger partial charge in [-0.1, -0.05) is 24.3 Å². The highest BCUT2D eigenvalue weighted by atomic mass is 35.5. The lowest BCUT2D eigenvalue weighted by atomic mass is 10.3. The summed E-state index contributed by atoms with van der Waals surface area (Å²) in [5.74, 6) is 1.59. The number of halogens is 1. The number of rotatable bonds is 7. The van der Waals surface area contributed by atoms with Gasteiger partial charge in [0.2, 0.25) is 0 Å². The number of hydrogen-bond donors (Lipinski definition) is 1. The Kier molecular flexibility index (Phi) is 9.30. The van der Waals surface area contributed by atoms with Crippen molar-refractivity contribution in [2.75, 3.05) is 26.8 Å². The molecule has 0 aliphatic heterocycles. The van der Waals surface area contributed by atoms with Gasteiger partial charge in [0, 0.05) is 6.54 Å². The van der Waals surface area contributed by atoms with Crippen molar-refractivity contribution in [2.24, 2.45) is 0 Å². The van der Waals surface area contributed by atoms with E-state index in [-0.39, 0.29) is 12.4 Å². The number of likely N-dealkylation sites (N-methyl/N-ethyl adjacent to an activating group) is 1. The van der Waals surface area contributed by atoms with Gasteiger partial charge in [-0.05, 0) is 26.1 Å². The Balaban J connectivity index is 0.00000256. The average Bonchev–Trinajstić information content (AvgIpc) is 2.31. The van der Waals surface area contributed by atoms with E-state index in [2.05, 4.69) is 5.32 Å². The maximum Gasteiger partial charge on any atom is 0.161 e. The first-order valence-corrected chi connectivity index (χ1v) is 5.52. The molecule has 0 atom stereocenters. The zero-order valence-corrected chi connectivity index (χ0v) is 11.1. The SMILES string of the molecule is CCOc1ccccc1OC/C=C/CNC.Cl. The minimum Gasteiger partial charge on any atom is -0.490 e. The van der Waals surface area contributed by atoms with Gasteiger partial charge >= 0.3 is 0 Å². The van der Waals surface area contributed by atoms with Gasteiger partial charge in [-0.15, -0.1) is 12.4 Å². The number of ether oxygens (including phenoxy) is 2. The molecule has 1 N–H and O–H groups in total. The molecule has 17 heavy (non-hydrogen) atoms. The van der Waals surface area contributed by atoms with Gasteiger partial charge in [0.15, 0.2) is 11.5 Å². The molecule has 0 aromatic heterocycles. The summed E-state index contributed by atoms with van der Waals surface area (Å²) in [4.78, 5) is 0. The van der Waals surface area contributed by atoms with E-state index in [1.165, 1.54) is 0 Å². The minimum absolute atomic E-state index is 0. The van der Waals surface area contributed by atoms with Crippen molar-refractivity contribution in [1.29, 1.82) is 0 Å². The molecule has 4 heteroatoms. The molecular weight excluding hydrogens is 238 g/mol. The molecule has 96 valence electrons. The van der Waals surface area contributed by atoms with Crippen molar-refractivity contribution in [1.82, 2.24) is 5.32 Å². The van der Waals surface area contributed by atoms with Crippen molar-refractivity contribution in [3.05, 3.63) is 36.4 Å². The molecule has 0 saturated heterocycles. The molecule has 0 spiro atoms. The summed E-state index contributed by atoms with van der Waals surface area (Å²) in [6.45, 7) is 4.03. The van der Waals surface area contributed by atoms with Crippen molar-refractivity contribution in [3.63, 3.8) is 0 Å². The molecule has 0 amide bonds. The van der Waals surface area contributed by atoms with E-state index in [0.717, 1.165) is 18.0 Å². The smallest absolute Gasteiger partial charge is 0.161 e.